The molecule has 0 heterocycles. The first kappa shape index (κ1) is 47.0. The van der Waals surface area contributed by atoms with E-state index in [9.17, 15) is 4.79 Å². The molecule has 47 heavy (non-hydrogen) atoms. The van der Waals surface area contributed by atoms with Crippen molar-refractivity contribution in [2.24, 2.45) is 0 Å². The van der Waals surface area contributed by atoms with E-state index in [1.807, 2.05) is 0 Å². The Bertz CT molecular complexity index is 619. The first-order chi connectivity index (χ1) is 22.9. The minimum atomic E-state index is -1.33. The van der Waals surface area contributed by atoms with Crippen molar-refractivity contribution in [1.82, 2.24) is 0 Å². The number of likely N-dealkylation sites (N-methyl/N-ethyl adjacent to an activating group) is 1. The van der Waals surface area contributed by atoms with Crippen LogP contribution in [0.1, 0.15) is 232 Å². The van der Waals surface area contributed by atoms with Crippen molar-refractivity contribution in [1.29, 1.82) is 0 Å². The third-order valence-corrected chi connectivity index (χ3v) is 12.3. The number of unbranched alkanes of at least 4 members (excludes halogenated alkanes) is 31. The van der Waals surface area contributed by atoms with E-state index in [4.69, 9.17) is 4.52 Å². The molecule has 0 N–H and O–H groups in total. The molecule has 0 fully saturated rings. The number of hydrogen-bond acceptors (Lipinski definition) is 2. The molecule has 4 heteroatoms. The maximum atomic E-state index is 13.1. The van der Waals surface area contributed by atoms with Gasteiger partial charge in [-0.05, 0) is 0 Å². The molecule has 3 nitrogen and oxygen atoms in total. The average Bonchev–Trinajstić information content (AvgIpc) is 3.04. The summed E-state index contributed by atoms with van der Waals surface area (Å²) in [5.74, 6) is 0. The van der Waals surface area contributed by atoms with E-state index in [2.05, 4.69) is 35.0 Å². The molecular formula is C43H90NO2P. The molecule has 0 saturated carbocycles. The van der Waals surface area contributed by atoms with Crippen molar-refractivity contribution in [3.05, 3.63) is 0 Å². The fraction of sp³-hybridized carbons (Fsp3) is 0.977. The molecule has 0 aromatic heterocycles. The van der Waals surface area contributed by atoms with Crippen LogP contribution in [0, 0.1) is 0 Å². The van der Waals surface area contributed by atoms with E-state index in [1.165, 1.54) is 205 Å². The van der Waals surface area contributed by atoms with Gasteiger partial charge < -0.3 is 0 Å². The van der Waals surface area contributed by atoms with Gasteiger partial charge in [0.2, 0.25) is 0 Å². The van der Waals surface area contributed by atoms with Gasteiger partial charge in [0.15, 0.2) is 0 Å². The van der Waals surface area contributed by atoms with Crippen LogP contribution in [-0.2, 0) is 9.32 Å². The zero-order chi connectivity index (χ0) is 34.5. The summed E-state index contributed by atoms with van der Waals surface area (Å²) in [6.45, 7) is 6.32. The standard InChI is InChI=1S/C43H90NO2P/c1-6-8-10-12-14-16-18-20-21-22-23-24-25-26-28-30-32-34-36-38-42-47(46-41-40-44(3,4)5)43(45)39-37-35-33-31-29-27-19-17-15-13-11-9-7-2/h47H,6-42H2,1-5H3. The van der Waals surface area contributed by atoms with Gasteiger partial charge in [-0.2, -0.15) is 0 Å². The summed E-state index contributed by atoms with van der Waals surface area (Å²) < 4.78 is 7.23. The molecule has 0 saturated heterocycles. The van der Waals surface area contributed by atoms with E-state index in [0.29, 0.717) is 5.52 Å². The number of nitrogens with zero attached hydrogens (tertiary/aromatic N) is 1. The minimum Gasteiger partial charge on any atom is -0.0654 e. The Morgan fingerprint density at radius 1 is 0.426 bits per heavy atom. The minimum absolute atomic E-state index is 0.470. The summed E-state index contributed by atoms with van der Waals surface area (Å²) in [5.41, 5.74) is 0.470. The van der Waals surface area contributed by atoms with Gasteiger partial charge in [0.1, 0.15) is 0 Å². The second-order valence-corrected chi connectivity index (χ2v) is 18.4. The Morgan fingerprint density at radius 3 is 1.00 bits per heavy atom. The monoisotopic (exact) mass is 684 g/mol. The first-order valence-electron chi connectivity index (χ1n) is 21.7. The van der Waals surface area contributed by atoms with Crippen LogP contribution in [0.3, 0.4) is 0 Å². The van der Waals surface area contributed by atoms with Crippen molar-refractivity contribution in [2.75, 3.05) is 40.5 Å². The molecule has 0 bridgehead atoms. The third kappa shape index (κ3) is 38.7. The van der Waals surface area contributed by atoms with Gasteiger partial charge in [0.05, 0.1) is 0 Å². The first-order valence-corrected chi connectivity index (χ1v) is 23.3. The third-order valence-electron chi connectivity index (χ3n) is 10.1. The van der Waals surface area contributed by atoms with Crippen molar-refractivity contribution in [3.63, 3.8) is 0 Å². The number of rotatable bonds is 40. The van der Waals surface area contributed by atoms with Gasteiger partial charge in [-0.25, -0.2) is 0 Å². The van der Waals surface area contributed by atoms with E-state index < -0.39 is 8.15 Å². The molecular weight excluding hydrogens is 593 g/mol. The molecule has 0 aromatic rings. The van der Waals surface area contributed by atoms with Gasteiger partial charge >= 0.3 is 209 Å². The van der Waals surface area contributed by atoms with Gasteiger partial charge in [-0.15, -0.1) is 0 Å². The summed E-state index contributed by atoms with van der Waals surface area (Å²) in [5, 5.41) is 0. The second-order valence-electron chi connectivity index (χ2n) is 16.2. The van der Waals surface area contributed by atoms with Crippen molar-refractivity contribution in [2.45, 2.75) is 232 Å². The van der Waals surface area contributed by atoms with Crippen LogP contribution in [0.5, 0.6) is 0 Å². The molecule has 0 spiro atoms. The van der Waals surface area contributed by atoms with Gasteiger partial charge in [0, 0.05) is 0 Å². The normalized spacial score (nSPS) is 13.0. The zero-order valence-electron chi connectivity index (χ0n) is 33.4. The van der Waals surface area contributed by atoms with E-state index in [1.54, 1.807) is 0 Å². The molecule has 0 radical (unpaired) electrons. The molecule has 0 rings (SSSR count). The smallest absolute Gasteiger partial charge is 0.0654 e. The number of hydrogen-bond donors (Lipinski definition) is 0. The van der Waals surface area contributed by atoms with Crippen LogP contribution in [0.15, 0.2) is 0 Å². The number of carbonyl (C=O) groups is 1. The van der Waals surface area contributed by atoms with Crippen molar-refractivity contribution >= 4 is 13.7 Å². The SMILES string of the molecule is CCCCCCCCCCCCCCCCCCCCCC[PH-](OCC[N+](C)(C)C)C(=O)CCCCCCCCCCCCCCC. The number of carbonyl (C=O) groups excluding carboxylic acids is 1. The molecule has 0 aliphatic heterocycles. The number of quaternary nitrogens is 1. The molecule has 0 aliphatic carbocycles. The molecule has 284 valence electrons. The van der Waals surface area contributed by atoms with E-state index in [0.717, 1.165) is 36.6 Å². The van der Waals surface area contributed by atoms with Crippen molar-refractivity contribution < 1.29 is 13.8 Å². The van der Waals surface area contributed by atoms with Gasteiger partial charge in [-0.3, -0.25) is 0 Å². The van der Waals surface area contributed by atoms with Gasteiger partial charge in [0.25, 0.3) is 0 Å². The Hall–Kier alpha value is 0.0200. The predicted molar refractivity (Wildman–Crippen MR) is 215 cm³/mol. The fourth-order valence-electron chi connectivity index (χ4n) is 6.72. The molecule has 1 atom stereocenters. The summed E-state index contributed by atoms with van der Waals surface area (Å²) >= 11 is 0. The van der Waals surface area contributed by atoms with Crippen molar-refractivity contribution in [3.8, 4) is 0 Å². The quantitative estimate of drug-likeness (QED) is 0.0365. The Morgan fingerprint density at radius 2 is 0.702 bits per heavy atom. The van der Waals surface area contributed by atoms with Crippen LogP contribution >= 0.6 is 8.15 Å². The van der Waals surface area contributed by atoms with Crippen LogP contribution in [-0.4, -0.2) is 50.5 Å². The molecule has 1 unspecified atom stereocenters. The van der Waals surface area contributed by atoms with Crippen LogP contribution < -0.4 is 0 Å². The zero-order valence-corrected chi connectivity index (χ0v) is 34.4. The molecule has 0 aromatic carbocycles. The summed E-state index contributed by atoms with van der Waals surface area (Å²) in [6, 6.07) is 0. The summed E-state index contributed by atoms with van der Waals surface area (Å²) in [6.07, 6.45) is 47.6. The Labute approximate surface area is 299 Å². The summed E-state index contributed by atoms with van der Waals surface area (Å²) in [4.78, 5) is 13.1. The molecule has 0 aliphatic rings. The van der Waals surface area contributed by atoms with E-state index >= 15 is 0 Å². The average molecular weight is 684 g/mol. The van der Waals surface area contributed by atoms with Crippen LogP contribution in [0.2, 0.25) is 0 Å². The topological polar surface area (TPSA) is 26.3 Å². The van der Waals surface area contributed by atoms with Crippen LogP contribution in [0.4, 0.5) is 0 Å². The fourth-order valence-corrected chi connectivity index (χ4v) is 8.67. The van der Waals surface area contributed by atoms with E-state index in [-0.39, 0.29) is 0 Å². The second kappa shape index (κ2) is 37.3. The Balaban J connectivity index is 3.79. The van der Waals surface area contributed by atoms with Crippen LogP contribution in [0.25, 0.3) is 0 Å². The predicted octanol–water partition coefficient (Wildman–Crippen LogP) is 14.7. The maximum absolute atomic E-state index is 13.1. The van der Waals surface area contributed by atoms with Gasteiger partial charge in [-0.1, -0.05) is 90.9 Å². The Kier molecular flexibility index (Phi) is 37.3. The molecule has 0 amide bonds. The summed E-state index contributed by atoms with van der Waals surface area (Å²) in [7, 11) is 5.30.